The minimum absolute atomic E-state index is 0.0855. The van der Waals surface area contributed by atoms with Crippen LogP contribution >= 0.6 is 0 Å². The number of nitrogens with one attached hydrogen (secondary N) is 1. The number of rotatable bonds is 1. The number of hydrogen-bond donors (Lipinski definition) is 1. The van der Waals surface area contributed by atoms with Crippen molar-refractivity contribution in [3.05, 3.63) is 51.4 Å². The maximum absolute atomic E-state index is 12.4. The summed E-state index contributed by atoms with van der Waals surface area (Å²) < 4.78 is 0. The molecule has 1 aliphatic rings. The Kier molecular flexibility index (Phi) is 3.90. The largest absolute Gasteiger partial charge is 0.331 e. The van der Waals surface area contributed by atoms with E-state index in [4.69, 9.17) is 0 Å². The summed E-state index contributed by atoms with van der Waals surface area (Å²) in [5.74, 6) is 0.584. The van der Waals surface area contributed by atoms with Gasteiger partial charge in [-0.15, -0.1) is 0 Å². The van der Waals surface area contributed by atoms with Gasteiger partial charge in [-0.1, -0.05) is 29.8 Å². The van der Waals surface area contributed by atoms with E-state index in [0.717, 1.165) is 16.8 Å². The predicted octanol–water partition coefficient (Wildman–Crippen LogP) is 1.79. The van der Waals surface area contributed by atoms with Crippen molar-refractivity contribution in [2.24, 2.45) is 0 Å². The van der Waals surface area contributed by atoms with Gasteiger partial charge in [0.25, 0.3) is 5.56 Å². The highest BCUT2D eigenvalue weighted by molar-refractivity contribution is 5.74. The predicted molar refractivity (Wildman–Crippen MR) is 88.2 cm³/mol. The molecular formula is C17H20N4O2. The molecule has 0 aliphatic carbocycles. The molecule has 23 heavy (non-hydrogen) atoms. The third-order valence-corrected chi connectivity index (χ3v) is 4.05. The number of hydrogen-bond acceptors (Lipinski definition) is 3. The van der Waals surface area contributed by atoms with Crippen LogP contribution in [0.1, 0.15) is 16.8 Å². The van der Waals surface area contributed by atoms with Crippen LogP contribution in [0.15, 0.2) is 29.1 Å². The average molecular weight is 312 g/mol. The molecule has 1 aliphatic heterocycles. The summed E-state index contributed by atoms with van der Waals surface area (Å²) in [6.45, 7) is 2.90. The number of aryl methyl sites for hydroxylation is 1. The van der Waals surface area contributed by atoms with Gasteiger partial charge in [0, 0.05) is 32.6 Å². The molecule has 0 atom stereocenters. The van der Waals surface area contributed by atoms with Gasteiger partial charge in [-0.05, 0) is 6.92 Å². The van der Waals surface area contributed by atoms with Crippen molar-refractivity contribution in [1.29, 1.82) is 0 Å². The summed E-state index contributed by atoms with van der Waals surface area (Å²) in [5.41, 5.74) is 3.26. The molecule has 2 amide bonds. The van der Waals surface area contributed by atoms with E-state index in [0.29, 0.717) is 30.9 Å². The Labute approximate surface area is 134 Å². The number of amides is 2. The van der Waals surface area contributed by atoms with Gasteiger partial charge in [-0.25, -0.2) is 9.78 Å². The summed E-state index contributed by atoms with van der Waals surface area (Å²) >= 11 is 0. The molecule has 1 aromatic carbocycles. The zero-order valence-electron chi connectivity index (χ0n) is 13.6. The molecule has 6 nitrogen and oxygen atoms in total. The van der Waals surface area contributed by atoms with Crippen LogP contribution in [0.3, 0.4) is 0 Å². The zero-order chi connectivity index (χ0) is 16.6. The van der Waals surface area contributed by atoms with Gasteiger partial charge in [0.05, 0.1) is 17.8 Å². The second-order valence-electron chi connectivity index (χ2n) is 6.05. The summed E-state index contributed by atoms with van der Waals surface area (Å²) in [6.07, 6.45) is 0.595. The molecule has 2 aromatic rings. The normalized spacial score (nSPS) is 13.6. The van der Waals surface area contributed by atoms with Crippen molar-refractivity contribution in [2.75, 3.05) is 20.6 Å². The molecule has 2 heterocycles. The standard InChI is InChI=1S/C17H20N4O2/c1-11-4-6-12(7-5-11)15-18-14-8-9-21(17(23)20(2)3)10-13(14)16(22)19-15/h4-7H,8-10H2,1-3H3,(H,18,19,22). The maximum atomic E-state index is 12.4. The van der Waals surface area contributed by atoms with Crippen LogP contribution in [-0.2, 0) is 13.0 Å². The smallest absolute Gasteiger partial charge is 0.319 e. The lowest BCUT2D eigenvalue weighted by atomic mass is 10.1. The Bertz CT molecular complexity index is 793. The number of fused-ring (bicyclic) bond motifs is 1. The van der Waals surface area contributed by atoms with Gasteiger partial charge in [0.1, 0.15) is 5.82 Å². The van der Waals surface area contributed by atoms with E-state index in [1.54, 1.807) is 19.0 Å². The lowest BCUT2D eigenvalue weighted by molar-refractivity contribution is 0.165. The number of nitrogens with zero attached hydrogens (tertiary/aromatic N) is 3. The molecule has 0 saturated heterocycles. The second-order valence-corrected chi connectivity index (χ2v) is 6.05. The number of carbonyl (C=O) groups excluding carboxylic acids is 1. The van der Waals surface area contributed by atoms with Crippen molar-refractivity contribution in [2.45, 2.75) is 19.9 Å². The minimum atomic E-state index is -0.165. The van der Waals surface area contributed by atoms with Crippen LogP contribution in [0.25, 0.3) is 11.4 Å². The number of H-pyrrole nitrogens is 1. The first kappa shape index (κ1) is 15.3. The monoisotopic (exact) mass is 312 g/mol. The molecule has 0 unspecified atom stereocenters. The maximum Gasteiger partial charge on any atom is 0.319 e. The molecule has 0 spiro atoms. The number of carbonyl (C=O) groups is 1. The highest BCUT2D eigenvalue weighted by Crippen LogP contribution is 2.19. The van der Waals surface area contributed by atoms with E-state index in [2.05, 4.69) is 9.97 Å². The molecule has 0 saturated carbocycles. The Hall–Kier alpha value is -2.63. The van der Waals surface area contributed by atoms with Crippen molar-refractivity contribution >= 4 is 6.03 Å². The van der Waals surface area contributed by atoms with Crippen molar-refractivity contribution in [3.8, 4) is 11.4 Å². The van der Waals surface area contributed by atoms with E-state index in [-0.39, 0.29) is 11.6 Å². The first-order valence-electron chi connectivity index (χ1n) is 7.61. The Morgan fingerprint density at radius 3 is 2.61 bits per heavy atom. The number of benzene rings is 1. The third kappa shape index (κ3) is 2.97. The van der Waals surface area contributed by atoms with Crippen LogP contribution in [0.2, 0.25) is 0 Å². The second kappa shape index (κ2) is 5.87. The lowest BCUT2D eigenvalue weighted by Crippen LogP contribution is -2.44. The van der Waals surface area contributed by atoms with Crippen LogP contribution in [0.5, 0.6) is 0 Å². The Morgan fingerprint density at radius 1 is 1.26 bits per heavy atom. The fourth-order valence-electron chi connectivity index (χ4n) is 2.72. The molecular weight excluding hydrogens is 292 g/mol. The van der Waals surface area contributed by atoms with Crippen LogP contribution in [0.4, 0.5) is 4.79 Å². The van der Waals surface area contributed by atoms with Gasteiger partial charge in [0.2, 0.25) is 0 Å². The van der Waals surface area contributed by atoms with E-state index in [1.807, 2.05) is 31.2 Å². The summed E-state index contributed by atoms with van der Waals surface area (Å²) in [7, 11) is 3.42. The fourth-order valence-corrected chi connectivity index (χ4v) is 2.72. The van der Waals surface area contributed by atoms with Gasteiger partial charge >= 0.3 is 6.03 Å². The van der Waals surface area contributed by atoms with Crippen LogP contribution < -0.4 is 5.56 Å². The van der Waals surface area contributed by atoms with Crippen LogP contribution in [0, 0.1) is 6.92 Å². The molecule has 6 heteroatoms. The molecule has 120 valence electrons. The Morgan fingerprint density at radius 2 is 1.96 bits per heavy atom. The van der Waals surface area contributed by atoms with E-state index in [9.17, 15) is 9.59 Å². The first-order valence-corrected chi connectivity index (χ1v) is 7.61. The molecule has 0 radical (unpaired) electrons. The fraction of sp³-hybridized carbons (Fsp3) is 0.353. The highest BCUT2D eigenvalue weighted by Gasteiger charge is 2.25. The lowest BCUT2D eigenvalue weighted by Gasteiger charge is -2.30. The van der Waals surface area contributed by atoms with E-state index < -0.39 is 0 Å². The first-order chi connectivity index (χ1) is 11.0. The molecule has 0 fully saturated rings. The molecule has 1 N–H and O–H groups in total. The summed E-state index contributed by atoms with van der Waals surface area (Å²) in [4.78, 5) is 35.1. The van der Waals surface area contributed by atoms with Gasteiger partial charge < -0.3 is 14.8 Å². The van der Waals surface area contributed by atoms with Gasteiger partial charge in [-0.2, -0.15) is 0 Å². The Balaban J connectivity index is 1.94. The SMILES string of the molecule is Cc1ccc(-c2nc3c(c(=O)[nH]2)CN(C(=O)N(C)C)CC3)cc1. The summed E-state index contributed by atoms with van der Waals surface area (Å²) in [6, 6.07) is 7.80. The quantitative estimate of drug-likeness (QED) is 0.873. The highest BCUT2D eigenvalue weighted by atomic mass is 16.2. The minimum Gasteiger partial charge on any atom is -0.331 e. The molecule has 1 aromatic heterocycles. The van der Waals surface area contributed by atoms with Gasteiger partial charge in [-0.3, -0.25) is 4.79 Å². The van der Waals surface area contributed by atoms with Crippen LogP contribution in [-0.4, -0.2) is 46.4 Å². The van der Waals surface area contributed by atoms with Gasteiger partial charge in [0.15, 0.2) is 0 Å². The number of aromatic amines is 1. The third-order valence-electron chi connectivity index (χ3n) is 4.05. The zero-order valence-corrected chi connectivity index (χ0v) is 13.6. The van der Waals surface area contributed by atoms with Crippen molar-refractivity contribution in [1.82, 2.24) is 19.8 Å². The average Bonchev–Trinajstić information content (AvgIpc) is 2.54. The molecule has 0 bridgehead atoms. The number of aromatic nitrogens is 2. The number of urea groups is 1. The van der Waals surface area contributed by atoms with Crippen molar-refractivity contribution < 1.29 is 4.79 Å². The van der Waals surface area contributed by atoms with Crippen molar-refractivity contribution in [3.63, 3.8) is 0 Å². The summed E-state index contributed by atoms with van der Waals surface area (Å²) in [5, 5.41) is 0. The molecule has 3 rings (SSSR count). The topological polar surface area (TPSA) is 69.3 Å². The van der Waals surface area contributed by atoms with E-state index >= 15 is 0 Å². The van der Waals surface area contributed by atoms with E-state index in [1.165, 1.54) is 4.90 Å².